The van der Waals surface area contributed by atoms with E-state index >= 15 is 0 Å². The standard InChI is InChI=1S/C12H22N2O2/c1-10-2-3-11(8-10)9-13-12(15)14-4-6-16-7-5-14/h10-11H,2-9H2,1H3,(H,13,15). The van der Waals surface area contributed by atoms with Crippen molar-refractivity contribution >= 4 is 6.03 Å². The smallest absolute Gasteiger partial charge is 0.317 e. The van der Waals surface area contributed by atoms with E-state index in [9.17, 15) is 4.79 Å². The summed E-state index contributed by atoms with van der Waals surface area (Å²) in [6.45, 7) is 5.95. The van der Waals surface area contributed by atoms with Crippen LogP contribution in [-0.4, -0.2) is 43.8 Å². The summed E-state index contributed by atoms with van der Waals surface area (Å²) < 4.78 is 5.22. The number of hydrogen-bond donors (Lipinski definition) is 1. The molecule has 0 bridgehead atoms. The average molecular weight is 226 g/mol. The molecule has 0 aromatic carbocycles. The Morgan fingerprint density at radius 2 is 2.12 bits per heavy atom. The Bertz CT molecular complexity index is 239. The first-order valence-corrected chi connectivity index (χ1v) is 6.36. The van der Waals surface area contributed by atoms with Gasteiger partial charge in [0.05, 0.1) is 13.2 Å². The predicted molar refractivity (Wildman–Crippen MR) is 62.3 cm³/mol. The minimum atomic E-state index is 0.0860. The molecule has 0 radical (unpaired) electrons. The van der Waals surface area contributed by atoms with Crippen molar-refractivity contribution in [1.29, 1.82) is 0 Å². The summed E-state index contributed by atoms with van der Waals surface area (Å²) in [7, 11) is 0. The van der Waals surface area contributed by atoms with Gasteiger partial charge in [0.15, 0.2) is 0 Å². The molecule has 1 aliphatic heterocycles. The Balaban J connectivity index is 1.66. The SMILES string of the molecule is CC1CCC(CNC(=O)N2CCOCC2)C1. The predicted octanol–water partition coefficient (Wildman–Crippen LogP) is 1.46. The molecule has 2 atom stereocenters. The first-order chi connectivity index (χ1) is 7.75. The third kappa shape index (κ3) is 3.11. The van der Waals surface area contributed by atoms with Gasteiger partial charge in [0.2, 0.25) is 0 Å². The topological polar surface area (TPSA) is 41.6 Å². The number of amides is 2. The van der Waals surface area contributed by atoms with Gasteiger partial charge in [-0.15, -0.1) is 0 Å². The number of carbonyl (C=O) groups excluding carboxylic acids is 1. The van der Waals surface area contributed by atoms with Crippen LogP contribution in [0.4, 0.5) is 4.79 Å². The van der Waals surface area contributed by atoms with Crippen LogP contribution in [0.2, 0.25) is 0 Å². The lowest BCUT2D eigenvalue weighted by molar-refractivity contribution is 0.0530. The van der Waals surface area contributed by atoms with Crippen molar-refractivity contribution in [3.63, 3.8) is 0 Å². The highest BCUT2D eigenvalue weighted by atomic mass is 16.5. The highest BCUT2D eigenvalue weighted by Gasteiger charge is 2.23. The number of nitrogens with one attached hydrogen (secondary N) is 1. The molecule has 0 aromatic heterocycles. The minimum Gasteiger partial charge on any atom is -0.378 e. The van der Waals surface area contributed by atoms with Crippen LogP contribution in [0.5, 0.6) is 0 Å². The van der Waals surface area contributed by atoms with Crippen LogP contribution in [0.3, 0.4) is 0 Å². The van der Waals surface area contributed by atoms with Crippen molar-refractivity contribution in [2.24, 2.45) is 11.8 Å². The lowest BCUT2D eigenvalue weighted by Crippen LogP contribution is -2.47. The number of carbonyl (C=O) groups is 1. The van der Waals surface area contributed by atoms with Gasteiger partial charge in [-0.2, -0.15) is 0 Å². The zero-order chi connectivity index (χ0) is 11.4. The maximum absolute atomic E-state index is 11.8. The molecular weight excluding hydrogens is 204 g/mol. The van der Waals surface area contributed by atoms with Gasteiger partial charge >= 0.3 is 6.03 Å². The number of ether oxygens (including phenoxy) is 1. The highest BCUT2D eigenvalue weighted by molar-refractivity contribution is 5.74. The van der Waals surface area contributed by atoms with Crippen LogP contribution < -0.4 is 5.32 Å². The molecular formula is C12H22N2O2. The molecule has 1 heterocycles. The lowest BCUT2D eigenvalue weighted by atomic mass is 10.1. The van der Waals surface area contributed by atoms with Gasteiger partial charge in [0.1, 0.15) is 0 Å². The first kappa shape index (κ1) is 11.7. The summed E-state index contributed by atoms with van der Waals surface area (Å²) in [5, 5.41) is 3.05. The van der Waals surface area contributed by atoms with Gasteiger partial charge in [-0.3, -0.25) is 0 Å². The Kier molecular flexibility index (Phi) is 4.04. The summed E-state index contributed by atoms with van der Waals surface area (Å²) >= 11 is 0. The maximum atomic E-state index is 11.8. The van der Waals surface area contributed by atoms with Gasteiger partial charge in [-0.25, -0.2) is 4.79 Å². The summed E-state index contributed by atoms with van der Waals surface area (Å²) in [5.74, 6) is 1.53. The van der Waals surface area contributed by atoms with E-state index in [1.54, 1.807) is 0 Å². The van der Waals surface area contributed by atoms with Crippen LogP contribution in [-0.2, 0) is 4.74 Å². The van der Waals surface area contributed by atoms with E-state index < -0.39 is 0 Å². The second-order valence-corrected chi connectivity index (χ2v) is 5.07. The molecule has 0 spiro atoms. The fourth-order valence-electron chi connectivity index (χ4n) is 2.62. The van der Waals surface area contributed by atoms with Crippen molar-refractivity contribution in [2.75, 3.05) is 32.8 Å². The van der Waals surface area contributed by atoms with Gasteiger partial charge in [-0.1, -0.05) is 13.3 Å². The molecule has 2 aliphatic rings. The molecule has 2 amide bonds. The van der Waals surface area contributed by atoms with Crippen LogP contribution in [0.25, 0.3) is 0 Å². The zero-order valence-electron chi connectivity index (χ0n) is 10.1. The molecule has 4 heteroatoms. The Labute approximate surface area is 97.3 Å². The second kappa shape index (κ2) is 5.53. The van der Waals surface area contributed by atoms with Crippen LogP contribution >= 0.6 is 0 Å². The quantitative estimate of drug-likeness (QED) is 0.774. The van der Waals surface area contributed by atoms with Crippen molar-refractivity contribution in [1.82, 2.24) is 10.2 Å². The molecule has 1 aliphatic carbocycles. The largest absolute Gasteiger partial charge is 0.378 e. The third-order valence-corrected chi connectivity index (χ3v) is 3.64. The van der Waals surface area contributed by atoms with Gasteiger partial charge in [0.25, 0.3) is 0 Å². The van der Waals surface area contributed by atoms with Crippen molar-refractivity contribution < 1.29 is 9.53 Å². The molecule has 2 unspecified atom stereocenters. The second-order valence-electron chi connectivity index (χ2n) is 5.07. The van der Waals surface area contributed by atoms with Gasteiger partial charge in [-0.05, 0) is 24.7 Å². The summed E-state index contributed by atoms with van der Waals surface area (Å²) in [6, 6.07) is 0.0860. The summed E-state index contributed by atoms with van der Waals surface area (Å²) in [5.41, 5.74) is 0. The van der Waals surface area contributed by atoms with Gasteiger partial charge in [0, 0.05) is 19.6 Å². The number of urea groups is 1. The van der Waals surface area contributed by atoms with Crippen LogP contribution in [0.1, 0.15) is 26.2 Å². The molecule has 2 rings (SSSR count). The third-order valence-electron chi connectivity index (χ3n) is 3.64. The Hall–Kier alpha value is -0.770. The van der Waals surface area contributed by atoms with E-state index in [0.29, 0.717) is 19.1 Å². The van der Waals surface area contributed by atoms with E-state index in [1.807, 2.05) is 4.90 Å². The van der Waals surface area contributed by atoms with Crippen LogP contribution in [0.15, 0.2) is 0 Å². The number of hydrogen-bond acceptors (Lipinski definition) is 2. The molecule has 92 valence electrons. The highest BCUT2D eigenvalue weighted by Crippen LogP contribution is 2.29. The van der Waals surface area contributed by atoms with Crippen LogP contribution in [0, 0.1) is 11.8 Å². The average Bonchev–Trinajstić information content (AvgIpc) is 2.73. The van der Waals surface area contributed by atoms with E-state index in [1.165, 1.54) is 19.3 Å². The monoisotopic (exact) mass is 226 g/mol. The summed E-state index contributed by atoms with van der Waals surface area (Å²) in [4.78, 5) is 13.6. The van der Waals surface area contributed by atoms with Crippen molar-refractivity contribution in [3.8, 4) is 0 Å². The number of morpholine rings is 1. The minimum absolute atomic E-state index is 0.0860. The fraction of sp³-hybridized carbons (Fsp3) is 0.917. The van der Waals surface area contributed by atoms with Crippen molar-refractivity contribution in [2.45, 2.75) is 26.2 Å². The normalized spacial score (nSPS) is 30.4. The Morgan fingerprint density at radius 1 is 1.38 bits per heavy atom. The molecule has 1 saturated heterocycles. The number of rotatable bonds is 2. The molecule has 16 heavy (non-hydrogen) atoms. The summed E-state index contributed by atoms with van der Waals surface area (Å²) in [6.07, 6.45) is 3.85. The van der Waals surface area contributed by atoms with E-state index in [0.717, 1.165) is 25.6 Å². The van der Waals surface area contributed by atoms with Gasteiger partial charge < -0.3 is 15.0 Å². The molecule has 0 aromatic rings. The molecule has 4 nitrogen and oxygen atoms in total. The first-order valence-electron chi connectivity index (χ1n) is 6.36. The molecule has 1 N–H and O–H groups in total. The lowest BCUT2D eigenvalue weighted by Gasteiger charge is -2.27. The Morgan fingerprint density at radius 3 is 2.75 bits per heavy atom. The zero-order valence-corrected chi connectivity index (χ0v) is 10.1. The fourth-order valence-corrected chi connectivity index (χ4v) is 2.62. The molecule has 2 fully saturated rings. The van der Waals surface area contributed by atoms with E-state index in [-0.39, 0.29) is 6.03 Å². The maximum Gasteiger partial charge on any atom is 0.317 e. The van der Waals surface area contributed by atoms with E-state index in [4.69, 9.17) is 4.74 Å². The van der Waals surface area contributed by atoms with Crippen molar-refractivity contribution in [3.05, 3.63) is 0 Å². The van der Waals surface area contributed by atoms with E-state index in [2.05, 4.69) is 12.2 Å². The number of nitrogens with zero attached hydrogens (tertiary/aromatic N) is 1. The molecule has 1 saturated carbocycles.